The molecule has 1 atom stereocenters. The summed E-state index contributed by atoms with van der Waals surface area (Å²) in [7, 11) is 0. The van der Waals surface area contributed by atoms with Crippen LogP contribution >= 0.6 is 0 Å². The quantitative estimate of drug-likeness (QED) is 0.698. The Morgan fingerprint density at radius 3 is 3.00 bits per heavy atom. The molecular formula is C13H22N6O2. The van der Waals surface area contributed by atoms with E-state index in [-0.39, 0.29) is 17.7 Å². The van der Waals surface area contributed by atoms with E-state index in [4.69, 9.17) is 5.73 Å². The van der Waals surface area contributed by atoms with Gasteiger partial charge in [-0.2, -0.15) is 5.10 Å². The number of carbonyl (C=O) groups is 2. The van der Waals surface area contributed by atoms with E-state index in [0.717, 1.165) is 19.4 Å². The highest BCUT2D eigenvalue weighted by molar-refractivity contribution is 5.81. The fourth-order valence-corrected chi connectivity index (χ4v) is 2.47. The molecule has 3 N–H and O–H groups in total. The predicted octanol–water partition coefficient (Wildman–Crippen LogP) is -1.02. The van der Waals surface area contributed by atoms with Gasteiger partial charge in [-0.1, -0.05) is 0 Å². The molecule has 2 amide bonds. The van der Waals surface area contributed by atoms with E-state index < -0.39 is 0 Å². The average molecular weight is 294 g/mol. The molecule has 1 fully saturated rings. The molecule has 0 aromatic carbocycles. The zero-order valence-corrected chi connectivity index (χ0v) is 12.1. The highest BCUT2D eigenvalue weighted by Crippen LogP contribution is 2.17. The lowest BCUT2D eigenvalue weighted by Gasteiger charge is -2.32. The molecular weight excluding hydrogens is 272 g/mol. The average Bonchev–Trinajstić information content (AvgIpc) is 3.03. The van der Waals surface area contributed by atoms with Crippen LogP contribution in [-0.2, 0) is 16.1 Å². The number of nitrogens with two attached hydrogens (primary N) is 1. The Morgan fingerprint density at radius 2 is 2.29 bits per heavy atom. The summed E-state index contributed by atoms with van der Waals surface area (Å²) in [6.45, 7) is 2.64. The smallest absolute Gasteiger partial charge is 0.224 e. The SMILES string of the molecule is NCCNC(=O)C1CCCN(C(=O)CCn2cncn2)C1. The van der Waals surface area contributed by atoms with E-state index in [0.29, 0.717) is 32.6 Å². The molecule has 1 aromatic heterocycles. The Morgan fingerprint density at radius 1 is 1.43 bits per heavy atom. The van der Waals surface area contributed by atoms with E-state index in [1.54, 1.807) is 15.9 Å². The van der Waals surface area contributed by atoms with E-state index in [1.165, 1.54) is 6.33 Å². The minimum Gasteiger partial charge on any atom is -0.355 e. The summed E-state index contributed by atoms with van der Waals surface area (Å²) in [6.07, 6.45) is 5.09. The fraction of sp³-hybridized carbons (Fsp3) is 0.692. The van der Waals surface area contributed by atoms with Crippen molar-refractivity contribution in [2.24, 2.45) is 11.7 Å². The molecule has 1 aromatic rings. The van der Waals surface area contributed by atoms with Crippen LogP contribution in [0.15, 0.2) is 12.7 Å². The van der Waals surface area contributed by atoms with E-state index in [2.05, 4.69) is 15.4 Å². The van der Waals surface area contributed by atoms with Crippen molar-refractivity contribution in [1.29, 1.82) is 0 Å². The van der Waals surface area contributed by atoms with Gasteiger partial charge in [0.2, 0.25) is 11.8 Å². The maximum atomic E-state index is 12.2. The molecule has 8 nitrogen and oxygen atoms in total. The maximum absolute atomic E-state index is 12.2. The molecule has 1 saturated heterocycles. The number of aryl methyl sites for hydroxylation is 1. The molecule has 0 spiro atoms. The van der Waals surface area contributed by atoms with Crippen molar-refractivity contribution < 1.29 is 9.59 Å². The number of hydrogen-bond acceptors (Lipinski definition) is 5. The van der Waals surface area contributed by atoms with Gasteiger partial charge in [0.05, 0.1) is 12.5 Å². The first-order valence-corrected chi connectivity index (χ1v) is 7.28. The minimum atomic E-state index is -0.124. The second-order valence-electron chi connectivity index (χ2n) is 5.17. The van der Waals surface area contributed by atoms with Gasteiger partial charge in [-0.3, -0.25) is 14.3 Å². The Bertz CT molecular complexity index is 461. The van der Waals surface area contributed by atoms with Crippen molar-refractivity contribution in [2.75, 3.05) is 26.2 Å². The molecule has 2 rings (SSSR count). The maximum Gasteiger partial charge on any atom is 0.224 e. The number of likely N-dealkylation sites (tertiary alicyclic amines) is 1. The molecule has 21 heavy (non-hydrogen) atoms. The van der Waals surface area contributed by atoms with Gasteiger partial charge in [0, 0.05) is 32.6 Å². The largest absolute Gasteiger partial charge is 0.355 e. The summed E-state index contributed by atoms with van der Waals surface area (Å²) in [6, 6.07) is 0. The molecule has 1 unspecified atom stereocenters. The van der Waals surface area contributed by atoms with E-state index in [1.807, 2.05) is 0 Å². The number of piperidine rings is 1. The highest BCUT2D eigenvalue weighted by atomic mass is 16.2. The van der Waals surface area contributed by atoms with Gasteiger partial charge in [-0.05, 0) is 12.8 Å². The van der Waals surface area contributed by atoms with Gasteiger partial charge in [-0.15, -0.1) is 0 Å². The van der Waals surface area contributed by atoms with Gasteiger partial charge < -0.3 is 16.0 Å². The number of rotatable bonds is 6. The Balaban J connectivity index is 1.79. The van der Waals surface area contributed by atoms with Crippen LogP contribution < -0.4 is 11.1 Å². The molecule has 0 bridgehead atoms. The van der Waals surface area contributed by atoms with Crippen molar-refractivity contribution in [2.45, 2.75) is 25.8 Å². The summed E-state index contributed by atoms with van der Waals surface area (Å²) >= 11 is 0. The van der Waals surface area contributed by atoms with Gasteiger partial charge in [0.25, 0.3) is 0 Å². The van der Waals surface area contributed by atoms with Crippen molar-refractivity contribution in [3.8, 4) is 0 Å². The molecule has 1 aliphatic heterocycles. The lowest BCUT2D eigenvalue weighted by Crippen LogP contribution is -2.46. The summed E-state index contributed by atoms with van der Waals surface area (Å²) in [5.41, 5.74) is 5.38. The van der Waals surface area contributed by atoms with Crippen LogP contribution in [0.4, 0.5) is 0 Å². The third-order valence-corrected chi connectivity index (χ3v) is 3.61. The number of carbonyl (C=O) groups excluding carboxylic acids is 2. The Labute approximate surface area is 123 Å². The Hall–Kier alpha value is -1.96. The first-order valence-electron chi connectivity index (χ1n) is 7.28. The van der Waals surface area contributed by atoms with Gasteiger partial charge >= 0.3 is 0 Å². The third kappa shape index (κ3) is 4.52. The zero-order valence-electron chi connectivity index (χ0n) is 12.1. The molecule has 1 aliphatic rings. The van der Waals surface area contributed by atoms with Crippen molar-refractivity contribution >= 4 is 11.8 Å². The van der Waals surface area contributed by atoms with Crippen LogP contribution in [0.5, 0.6) is 0 Å². The molecule has 0 saturated carbocycles. The van der Waals surface area contributed by atoms with Crippen molar-refractivity contribution in [3.63, 3.8) is 0 Å². The summed E-state index contributed by atoms with van der Waals surface area (Å²) in [5, 5.41) is 6.76. The van der Waals surface area contributed by atoms with Gasteiger partial charge in [0.1, 0.15) is 12.7 Å². The lowest BCUT2D eigenvalue weighted by atomic mass is 9.97. The topological polar surface area (TPSA) is 106 Å². The van der Waals surface area contributed by atoms with E-state index in [9.17, 15) is 9.59 Å². The minimum absolute atomic E-state index is 0.00535. The first kappa shape index (κ1) is 15.4. The Kier molecular flexibility index (Phi) is 5.68. The van der Waals surface area contributed by atoms with Crippen LogP contribution in [-0.4, -0.2) is 57.7 Å². The zero-order chi connectivity index (χ0) is 15.1. The molecule has 2 heterocycles. The predicted molar refractivity (Wildman–Crippen MR) is 76.0 cm³/mol. The summed E-state index contributed by atoms with van der Waals surface area (Å²) in [4.78, 5) is 29.7. The number of nitrogens with one attached hydrogen (secondary N) is 1. The second-order valence-corrected chi connectivity index (χ2v) is 5.17. The highest BCUT2D eigenvalue weighted by Gasteiger charge is 2.27. The number of nitrogens with zero attached hydrogens (tertiary/aromatic N) is 4. The van der Waals surface area contributed by atoms with Crippen LogP contribution in [0.1, 0.15) is 19.3 Å². The van der Waals surface area contributed by atoms with Gasteiger partial charge in [-0.25, -0.2) is 4.98 Å². The normalized spacial score (nSPS) is 18.5. The van der Waals surface area contributed by atoms with Crippen LogP contribution in [0.2, 0.25) is 0 Å². The molecule has 0 radical (unpaired) electrons. The molecule has 116 valence electrons. The first-order chi connectivity index (χ1) is 10.2. The fourth-order valence-electron chi connectivity index (χ4n) is 2.47. The summed E-state index contributed by atoms with van der Waals surface area (Å²) in [5.74, 6) is -0.0725. The second kappa shape index (κ2) is 7.72. The monoisotopic (exact) mass is 294 g/mol. The van der Waals surface area contributed by atoms with Crippen LogP contribution in [0, 0.1) is 5.92 Å². The lowest BCUT2D eigenvalue weighted by molar-refractivity contribution is -0.135. The van der Waals surface area contributed by atoms with E-state index >= 15 is 0 Å². The van der Waals surface area contributed by atoms with Crippen molar-refractivity contribution in [1.82, 2.24) is 25.0 Å². The van der Waals surface area contributed by atoms with Crippen LogP contribution in [0.25, 0.3) is 0 Å². The summed E-state index contributed by atoms with van der Waals surface area (Å²) < 4.78 is 1.63. The standard InChI is InChI=1S/C13H22N6O2/c14-4-5-16-13(21)11-2-1-6-18(8-11)12(20)3-7-19-10-15-9-17-19/h9-11H,1-8,14H2,(H,16,21). The van der Waals surface area contributed by atoms with Crippen LogP contribution in [0.3, 0.4) is 0 Å². The third-order valence-electron chi connectivity index (χ3n) is 3.61. The van der Waals surface area contributed by atoms with Gasteiger partial charge in [0.15, 0.2) is 0 Å². The molecule has 8 heteroatoms. The number of amides is 2. The molecule has 0 aliphatic carbocycles. The number of hydrogen-bond donors (Lipinski definition) is 2. The number of aromatic nitrogens is 3. The van der Waals surface area contributed by atoms with Crippen molar-refractivity contribution in [3.05, 3.63) is 12.7 Å².